The van der Waals surface area contributed by atoms with Crippen molar-refractivity contribution in [3.63, 3.8) is 0 Å². The number of hydrogen-bond acceptors (Lipinski definition) is 3. The van der Waals surface area contributed by atoms with Gasteiger partial charge in [0.05, 0.1) is 5.69 Å². The van der Waals surface area contributed by atoms with E-state index in [2.05, 4.69) is 45.6 Å². The maximum Gasteiger partial charge on any atom is 0.262 e. The van der Waals surface area contributed by atoms with E-state index in [1.807, 2.05) is 24.3 Å². The normalized spacial score (nSPS) is 13.1. The molecule has 0 atom stereocenters. The number of hydrogen-bond donors (Lipinski definition) is 2. The molecule has 21 heavy (non-hydrogen) atoms. The smallest absolute Gasteiger partial charge is 0.262 e. The standard InChI is InChI=1S/C16H15BrN2O2/c1-10-4-12(17)7-13(5-10)18-8-11-2-3-15-14(6-11)19-16(20)9-21-15/h2-7,18H,8-9H2,1H3,(H,19,20). The molecule has 1 aliphatic heterocycles. The second kappa shape index (κ2) is 5.77. The Kier molecular flexibility index (Phi) is 3.84. The summed E-state index contributed by atoms with van der Waals surface area (Å²) in [7, 11) is 0. The van der Waals surface area contributed by atoms with Gasteiger partial charge in [-0.3, -0.25) is 4.79 Å². The van der Waals surface area contributed by atoms with Gasteiger partial charge in [-0.25, -0.2) is 0 Å². The number of nitrogens with one attached hydrogen (secondary N) is 2. The lowest BCUT2D eigenvalue weighted by Crippen LogP contribution is -2.25. The molecule has 108 valence electrons. The molecule has 0 aliphatic carbocycles. The first-order valence-electron chi connectivity index (χ1n) is 6.67. The third kappa shape index (κ3) is 3.36. The van der Waals surface area contributed by atoms with Crippen LogP contribution in [0.25, 0.3) is 0 Å². The number of fused-ring (bicyclic) bond motifs is 1. The number of ether oxygens (including phenoxy) is 1. The van der Waals surface area contributed by atoms with Crippen LogP contribution in [0.1, 0.15) is 11.1 Å². The molecule has 0 radical (unpaired) electrons. The van der Waals surface area contributed by atoms with Crippen LogP contribution in [-0.4, -0.2) is 12.5 Å². The Morgan fingerprint density at radius 2 is 2.14 bits per heavy atom. The molecule has 2 N–H and O–H groups in total. The van der Waals surface area contributed by atoms with Crippen LogP contribution in [0.15, 0.2) is 40.9 Å². The van der Waals surface area contributed by atoms with Gasteiger partial charge in [-0.2, -0.15) is 0 Å². The van der Waals surface area contributed by atoms with Crippen LogP contribution in [0.4, 0.5) is 11.4 Å². The number of benzene rings is 2. The lowest BCUT2D eigenvalue weighted by molar-refractivity contribution is -0.118. The zero-order chi connectivity index (χ0) is 14.8. The monoisotopic (exact) mass is 346 g/mol. The van der Waals surface area contributed by atoms with Crippen molar-refractivity contribution in [1.82, 2.24) is 0 Å². The van der Waals surface area contributed by atoms with E-state index >= 15 is 0 Å². The number of anilines is 2. The van der Waals surface area contributed by atoms with Gasteiger partial charge in [0.2, 0.25) is 0 Å². The van der Waals surface area contributed by atoms with Gasteiger partial charge in [0.25, 0.3) is 5.91 Å². The summed E-state index contributed by atoms with van der Waals surface area (Å²) in [5, 5.41) is 6.19. The highest BCUT2D eigenvalue weighted by molar-refractivity contribution is 9.10. The van der Waals surface area contributed by atoms with Crippen molar-refractivity contribution in [2.75, 3.05) is 17.2 Å². The molecule has 1 amide bonds. The molecule has 3 rings (SSSR count). The van der Waals surface area contributed by atoms with Crippen LogP contribution < -0.4 is 15.4 Å². The molecule has 0 fully saturated rings. The highest BCUT2D eigenvalue weighted by Gasteiger charge is 2.15. The highest BCUT2D eigenvalue weighted by atomic mass is 79.9. The largest absolute Gasteiger partial charge is 0.482 e. The Hall–Kier alpha value is -2.01. The number of amides is 1. The van der Waals surface area contributed by atoms with Gasteiger partial charge in [-0.15, -0.1) is 0 Å². The fourth-order valence-electron chi connectivity index (χ4n) is 2.28. The van der Waals surface area contributed by atoms with Crippen LogP contribution in [0, 0.1) is 6.92 Å². The van der Waals surface area contributed by atoms with Gasteiger partial charge in [-0.05, 0) is 48.4 Å². The SMILES string of the molecule is Cc1cc(Br)cc(NCc2ccc3c(c2)NC(=O)CO3)c1. The molecule has 2 aromatic carbocycles. The van der Waals surface area contributed by atoms with Gasteiger partial charge in [0, 0.05) is 16.7 Å². The Morgan fingerprint density at radius 3 is 2.95 bits per heavy atom. The Labute approximate surface area is 131 Å². The van der Waals surface area contributed by atoms with Gasteiger partial charge in [0.15, 0.2) is 6.61 Å². The molecule has 4 nitrogen and oxygen atoms in total. The van der Waals surface area contributed by atoms with Crippen LogP contribution in [0.2, 0.25) is 0 Å². The van der Waals surface area contributed by atoms with Gasteiger partial charge < -0.3 is 15.4 Å². The van der Waals surface area contributed by atoms with E-state index < -0.39 is 0 Å². The molecule has 1 heterocycles. The second-order valence-corrected chi connectivity index (χ2v) is 5.95. The van der Waals surface area contributed by atoms with Crippen molar-refractivity contribution in [2.45, 2.75) is 13.5 Å². The number of halogens is 1. The average Bonchev–Trinajstić information content (AvgIpc) is 2.43. The van der Waals surface area contributed by atoms with Crippen molar-refractivity contribution in [3.05, 3.63) is 52.0 Å². The van der Waals surface area contributed by atoms with Crippen LogP contribution in [0.3, 0.4) is 0 Å². The van der Waals surface area contributed by atoms with Crippen molar-refractivity contribution in [2.24, 2.45) is 0 Å². The van der Waals surface area contributed by atoms with Gasteiger partial charge in [0.1, 0.15) is 5.75 Å². The zero-order valence-corrected chi connectivity index (χ0v) is 13.2. The number of carbonyl (C=O) groups is 1. The molecule has 0 spiro atoms. The van der Waals surface area contributed by atoms with Crippen LogP contribution in [-0.2, 0) is 11.3 Å². The van der Waals surface area contributed by atoms with E-state index in [9.17, 15) is 4.79 Å². The van der Waals surface area contributed by atoms with Crippen LogP contribution in [0.5, 0.6) is 5.75 Å². The minimum atomic E-state index is -0.116. The second-order valence-electron chi connectivity index (χ2n) is 5.04. The zero-order valence-electron chi connectivity index (χ0n) is 11.6. The summed E-state index contributed by atoms with van der Waals surface area (Å²) in [6.45, 7) is 2.82. The molecule has 0 saturated heterocycles. The fraction of sp³-hybridized carbons (Fsp3) is 0.188. The summed E-state index contributed by atoms with van der Waals surface area (Å²) >= 11 is 3.49. The molecule has 1 aliphatic rings. The maximum absolute atomic E-state index is 11.3. The first-order valence-corrected chi connectivity index (χ1v) is 7.46. The van der Waals surface area contributed by atoms with Gasteiger partial charge >= 0.3 is 0 Å². The highest BCUT2D eigenvalue weighted by Crippen LogP contribution is 2.29. The van der Waals surface area contributed by atoms with Crippen molar-refractivity contribution in [3.8, 4) is 5.75 Å². The predicted octanol–water partition coefficient (Wildman–Crippen LogP) is 3.70. The average molecular weight is 347 g/mol. The first kappa shape index (κ1) is 13.9. The third-order valence-electron chi connectivity index (χ3n) is 3.22. The maximum atomic E-state index is 11.3. The summed E-state index contributed by atoms with van der Waals surface area (Å²) in [4.78, 5) is 11.3. The Morgan fingerprint density at radius 1 is 1.29 bits per heavy atom. The molecule has 0 saturated carbocycles. The molecular weight excluding hydrogens is 332 g/mol. The van der Waals surface area contributed by atoms with Gasteiger partial charge in [-0.1, -0.05) is 22.0 Å². The summed E-state index contributed by atoms with van der Waals surface area (Å²) in [5.41, 5.74) is 4.06. The number of rotatable bonds is 3. The third-order valence-corrected chi connectivity index (χ3v) is 3.67. The quantitative estimate of drug-likeness (QED) is 0.890. The minimum absolute atomic E-state index is 0.0852. The number of aryl methyl sites for hydroxylation is 1. The van der Waals surface area contributed by atoms with Crippen molar-refractivity contribution >= 4 is 33.2 Å². The summed E-state index contributed by atoms with van der Waals surface area (Å²) < 4.78 is 6.40. The summed E-state index contributed by atoms with van der Waals surface area (Å²) in [6, 6.07) is 12.0. The molecule has 0 unspecified atom stereocenters. The van der Waals surface area contributed by atoms with E-state index in [1.54, 1.807) is 0 Å². The van der Waals surface area contributed by atoms with E-state index in [-0.39, 0.29) is 12.5 Å². The summed E-state index contributed by atoms with van der Waals surface area (Å²) in [6.07, 6.45) is 0. The number of carbonyl (C=O) groups excluding carboxylic acids is 1. The van der Waals surface area contributed by atoms with Crippen molar-refractivity contribution in [1.29, 1.82) is 0 Å². The Balaban J connectivity index is 1.73. The lowest BCUT2D eigenvalue weighted by atomic mass is 10.1. The van der Waals surface area contributed by atoms with E-state index in [0.717, 1.165) is 27.2 Å². The molecule has 0 bridgehead atoms. The lowest BCUT2D eigenvalue weighted by Gasteiger charge is -2.18. The van der Waals surface area contributed by atoms with E-state index in [0.29, 0.717) is 6.54 Å². The molecular formula is C16H15BrN2O2. The molecule has 2 aromatic rings. The van der Waals surface area contributed by atoms with E-state index in [4.69, 9.17) is 4.74 Å². The van der Waals surface area contributed by atoms with Crippen LogP contribution >= 0.6 is 15.9 Å². The fourth-order valence-corrected chi connectivity index (χ4v) is 2.89. The minimum Gasteiger partial charge on any atom is -0.482 e. The van der Waals surface area contributed by atoms with Crippen molar-refractivity contribution < 1.29 is 9.53 Å². The Bertz CT molecular complexity index is 680. The first-order chi connectivity index (χ1) is 10.1. The molecule has 0 aromatic heterocycles. The molecule has 5 heteroatoms. The predicted molar refractivity (Wildman–Crippen MR) is 86.8 cm³/mol. The topological polar surface area (TPSA) is 50.4 Å². The summed E-state index contributed by atoms with van der Waals surface area (Å²) in [5.74, 6) is 0.604. The van der Waals surface area contributed by atoms with E-state index in [1.165, 1.54) is 5.56 Å².